The van der Waals surface area contributed by atoms with Gasteiger partial charge in [0.15, 0.2) is 0 Å². The molecule has 5 nitrogen and oxygen atoms in total. The zero-order valence-corrected chi connectivity index (χ0v) is 14.0. The lowest BCUT2D eigenvalue weighted by Crippen LogP contribution is -2.27. The van der Waals surface area contributed by atoms with Gasteiger partial charge in [0.2, 0.25) is 5.91 Å². The number of imidazole rings is 1. The van der Waals surface area contributed by atoms with Gasteiger partial charge in [-0.3, -0.25) is 4.79 Å². The van der Waals surface area contributed by atoms with E-state index in [0.29, 0.717) is 13.0 Å². The number of fused-ring (bicyclic) bond motifs is 1. The lowest BCUT2D eigenvalue weighted by molar-refractivity contribution is -0.120. The number of hydrogen-bond donors (Lipinski definition) is 1. The number of carbonyl (C=O) groups excluding carboxylic acids is 1. The zero-order chi connectivity index (χ0) is 16.9. The molecule has 2 heterocycles. The maximum atomic E-state index is 12.0. The molecule has 5 heteroatoms. The number of nitrogens with one attached hydrogen (secondary N) is 1. The normalized spacial score (nSPS) is 10.8. The first kappa shape index (κ1) is 16.1. The van der Waals surface area contributed by atoms with Crippen LogP contribution >= 0.6 is 0 Å². The van der Waals surface area contributed by atoms with Crippen molar-refractivity contribution in [2.24, 2.45) is 0 Å². The van der Waals surface area contributed by atoms with Crippen molar-refractivity contribution in [2.45, 2.75) is 19.8 Å². The molecule has 1 amide bonds. The number of pyridine rings is 1. The molecule has 0 spiro atoms. The van der Waals surface area contributed by atoms with Gasteiger partial charge in [0.1, 0.15) is 11.4 Å². The monoisotopic (exact) mass is 323 g/mol. The van der Waals surface area contributed by atoms with Gasteiger partial charge in [-0.1, -0.05) is 12.1 Å². The van der Waals surface area contributed by atoms with Crippen molar-refractivity contribution >= 4 is 11.6 Å². The van der Waals surface area contributed by atoms with E-state index in [9.17, 15) is 4.79 Å². The summed E-state index contributed by atoms with van der Waals surface area (Å²) < 4.78 is 7.11. The molecular formula is C19H21N3O2. The number of ether oxygens (including phenoxy) is 1. The molecule has 1 aromatic carbocycles. The van der Waals surface area contributed by atoms with Crippen molar-refractivity contribution in [3.05, 3.63) is 65.6 Å². The highest BCUT2D eigenvalue weighted by molar-refractivity contribution is 5.78. The van der Waals surface area contributed by atoms with Gasteiger partial charge in [-0.15, -0.1) is 0 Å². The summed E-state index contributed by atoms with van der Waals surface area (Å²) in [4.78, 5) is 16.6. The lowest BCUT2D eigenvalue weighted by atomic mass is 10.1. The average molecular weight is 323 g/mol. The molecule has 0 radical (unpaired) electrons. The highest BCUT2D eigenvalue weighted by Crippen LogP contribution is 2.11. The van der Waals surface area contributed by atoms with Crippen molar-refractivity contribution in [1.82, 2.24) is 14.7 Å². The summed E-state index contributed by atoms with van der Waals surface area (Å²) in [6.07, 6.45) is 5.09. The largest absolute Gasteiger partial charge is 0.497 e. The van der Waals surface area contributed by atoms with Crippen LogP contribution in [0.15, 0.2) is 48.8 Å². The van der Waals surface area contributed by atoms with Crippen molar-refractivity contribution in [3.8, 4) is 5.75 Å². The Bertz CT molecular complexity index is 837. The number of aryl methyl sites for hydroxylation is 1. The fraction of sp³-hybridized carbons (Fsp3) is 0.263. The Morgan fingerprint density at radius 1 is 1.25 bits per heavy atom. The average Bonchev–Trinajstić information content (AvgIpc) is 2.97. The van der Waals surface area contributed by atoms with Gasteiger partial charge < -0.3 is 14.5 Å². The Kier molecular flexibility index (Phi) is 4.79. The van der Waals surface area contributed by atoms with E-state index in [2.05, 4.69) is 16.4 Å². The minimum absolute atomic E-state index is 0.0137. The molecule has 0 bridgehead atoms. The Morgan fingerprint density at radius 2 is 2.04 bits per heavy atom. The maximum Gasteiger partial charge on any atom is 0.224 e. The molecule has 0 aliphatic heterocycles. The number of hydrogen-bond acceptors (Lipinski definition) is 3. The van der Waals surface area contributed by atoms with E-state index < -0.39 is 0 Å². The van der Waals surface area contributed by atoms with E-state index in [-0.39, 0.29) is 5.91 Å². The van der Waals surface area contributed by atoms with E-state index in [1.54, 1.807) is 7.11 Å². The molecule has 3 aromatic rings. The fourth-order valence-corrected chi connectivity index (χ4v) is 2.58. The number of benzene rings is 1. The minimum Gasteiger partial charge on any atom is -0.497 e. The quantitative estimate of drug-likeness (QED) is 0.758. The first-order valence-electron chi connectivity index (χ1n) is 7.98. The Morgan fingerprint density at radius 3 is 2.79 bits per heavy atom. The molecule has 0 atom stereocenters. The van der Waals surface area contributed by atoms with Gasteiger partial charge in [-0.25, -0.2) is 4.98 Å². The number of rotatable bonds is 6. The molecule has 0 fully saturated rings. The van der Waals surface area contributed by atoms with E-state index in [4.69, 9.17) is 4.74 Å². The summed E-state index contributed by atoms with van der Waals surface area (Å²) in [5.41, 5.74) is 4.07. The summed E-state index contributed by atoms with van der Waals surface area (Å²) in [5, 5.41) is 2.94. The summed E-state index contributed by atoms with van der Waals surface area (Å²) in [6, 6.07) is 11.6. The number of aromatic nitrogens is 2. The van der Waals surface area contributed by atoms with Crippen molar-refractivity contribution in [1.29, 1.82) is 0 Å². The third kappa shape index (κ3) is 3.93. The van der Waals surface area contributed by atoms with Crippen molar-refractivity contribution in [3.63, 3.8) is 0 Å². The smallest absolute Gasteiger partial charge is 0.224 e. The third-order valence-corrected chi connectivity index (χ3v) is 3.89. The van der Waals surface area contributed by atoms with Gasteiger partial charge in [-0.05, 0) is 42.3 Å². The lowest BCUT2D eigenvalue weighted by Gasteiger charge is -2.05. The predicted molar refractivity (Wildman–Crippen MR) is 93.3 cm³/mol. The minimum atomic E-state index is 0.0137. The SMILES string of the molecule is COc1ccc(CC(=O)NCCc2cn3ccc(C)cc3n2)cc1. The van der Waals surface area contributed by atoms with Gasteiger partial charge in [-0.2, -0.15) is 0 Å². The van der Waals surface area contributed by atoms with E-state index in [0.717, 1.165) is 29.1 Å². The van der Waals surface area contributed by atoms with Crippen LogP contribution in [0, 0.1) is 6.92 Å². The van der Waals surface area contributed by atoms with Crippen LogP contribution in [-0.4, -0.2) is 28.9 Å². The molecule has 124 valence electrons. The third-order valence-electron chi connectivity index (χ3n) is 3.89. The maximum absolute atomic E-state index is 12.0. The van der Waals surface area contributed by atoms with Crippen LogP contribution in [0.2, 0.25) is 0 Å². The van der Waals surface area contributed by atoms with Gasteiger partial charge in [0.25, 0.3) is 0 Å². The van der Waals surface area contributed by atoms with Gasteiger partial charge >= 0.3 is 0 Å². The van der Waals surface area contributed by atoms with Gasteiger partial charge in [0.05, 0.1) is 19.2 Å². The topological polar surface area (TPSA) is 55.6 Å². The number of nitrogens with zero attached hydrogens (tertiary/aromatic N) is 2. The summed E-state index contributed by atoms with van der Waals surface area (Å²) in [6.45, 7) is 2.63. The highest BCUT2D eigenvalue weighted by Gasteiger charge is 2.05. The summed E-state index contributed by atoms with van der Waals surface area (Å²) in [5.74, 6) is 0.806. The second kappa shape index (κ2) is 7.17. The fourth-order valence-electron chi connectivity index (χ4n) is 2.58. The van der Waals surface area contributed by atoms with Crippen LogP contribution in [0.5, 0.6) is 5.75 Å². The second-order valence-electron chi connectivity index (χ2n) is 5.83. The zero-order valence-electron chi connectivity index (χ0n) is 14.0. The molecule has 0 aliphatic carbocycles. The molecule has 0 aliphatic rings. The van der Waals surface area contributed by atoms with Crippen LogP contribution in [0.3, 0.4) is 0 Å². The Balaban J connectivity index is 1.50. The summed E-state index contributed by atoms with van der Waals surface area (Å²) >= 11 is 0. The summed E-state index contributed by atoms with van der Waals surface area (Å²) in [7, 11) is 1.63. The van der Waals surface area contributed by atoms with Crippen LogP contribution in [-0.2, 0) is 17.6 Å². The van der Waals surface area contributed by atoms with Crippen LogP contribution in [0.25, 0.3) is 5.65 Å². The Hall–Kier alpha value is -2.82. The predicted octanol–water partition coefficient (Wildman–Crippen LogP) is 2.55. The van der Waals surface area contributed by atoms with Crippen LogP contribution < -0.4 is 10.1 Å². The van der Waals surface area contributed by atoms with E-state index in [1.165, 1.54) is 5.56 Å². The van der Waals surface area contributed by atoms with E-state index >= 15 is 0 Å². The number of methoxy groups -OCH3 is 1. The second-order valence-corrected chi connectivity index (χ2v) is 5.83. The number of amides is 1. The molecule has 3 rings (SSSR count). The van der Waals surface area contributed by atoms with Crippen molar-refractivity contribution in [2.75, 3.05) is 13.7 Å². The number of carbonyl (C=O) groups is 1. The molecule has 0 unspecified atom stereocenters. The molecule has 1 N–H and O–H groups in total. The molecule has 0 saturated carbocycles. The Labute approximate surface area is 141 Å². The van der Waals surface area contributed by atoms with Crippen LogP contribution in [0.1, 0.15) is 16.8 Å². The van der Waals surface area contributed by atoms with E-state index in [1.807, 2.05) is 54.0 Å². The standard InChI is InChI=1S/C19H21N3O2/c1-14-8-10-22-13-16(21-18(22)11-14)7-9-20-19(23)12-15-3-5-17(24-2)6-4-15/h3-6,8,10-11,13H,7,9,12H2,1-2H3,(H,20,23). The first-order chi connectivity index (χ1) is 11.6. The van der Waals surface area contributed by atoms with Crippen molar-refractivity contribution < 1.29 is 9.53 Å². The molecular weight excluding hydrogens is 302 g/mol. The molecule has 2 aromatic heterocycles. The molecule has 0 saturated heterocycles. The van der Waals surface area contributed by atoms with Crippen LogP contribution in [0.4, 0.5) is 0 Å². The first-order valence-corrected chi connectivity index (χ1v) is 7.98. The highest BCUT2D eigenvalue weighted by atomic mass is 16.5. The molecule has 24 heavy (non-hydrogen) atoms. The van der Waals surface area contributed by atoms with Gasteiger partial charge in [0, 0.05) is 25.4 Å².